The highest BCUT2D eigenvalue weighted by atomic mass is 16.4. The smallest absolute Gasteiger partial charge is 0.230 e. The van der Waals surface area contributed by atoms with Gasteiger partial charge in [0.25, 0.3) is 0 Å². The summed E-state index contributed by atoms with van der Waals surface area (Å²) in [6.45, 7) is 5.96. The standard InChI is InChI=1S/C18H21N3O.H3NO/c1-13-9-10-17(11-14(13)2)21-20-15(3)12-18(22)19-16-7-5-4-6-8-16;1-2/h4-11,21H,12H2,1-3H3,(H,19,22);2H,1H2/b20-15+;. The molecule has 0 atom stereocenters. The molecule has 1 amide bonds. The Balaban J connectivity index is 0.00000139. The molecular formula is C18H24N4O2. The maximum Gasteiger partial charge on any atom is 0.230 e. The summed E-state index contributed by atoms with van der Waals surface area (Å²) in [4.78, 5) is 11.9. The Morgan fingerprint density at radius 3 is 2.33 bits per heavy atom. The van der Waals surface area contributed by atoms with Crippen molar-refractivity contribution in [3.63, 3.8) is 0 Å². The van der Waals surface area contributed by atoms with Gasteiger partial charge >= 0.3 is 0 Å². The van der Waals surface area contributed by atoms with E-state index in [0.29, 0.717) is 0 Å². The summed E-state index contributed by atoms with van der Waals surface area (Å²) >= 11 is 0. The minimum atomic E-state index is -0.0747. The lowest BCUT2D eigenvalue weighted by atomic mass is 10.1. The number of nitrogens with one attached hydrogen (secondary N) is 2. The molecule has 0 aromatic heterocycles. The zero-order valence-electron chi connectivity index (χ0n) is 14.2. The number of aryl methyl sites for hydroxylation is 2. The molecule has 0 aliphatic heterocycles. The number of hydrogen-bond donors (Lipinski definition) is 4. The number of carbonyl (C=O) groups excluding carboxylic acids is 1. The van der Waals surface area contributed by atoms with Gasteiger partial charge in [0.15, 0.2) is 0 Å². The van der Waals surface area contributed by atoms with Gasteiger partial charge in [-0.2, -0.15) is 5.10 Å². The van der Waals surface area contributed by atoms with Crippen molar-refractivity contribution >= 4 is 23.0 Å². The lowest BCUT2D eigenvalue weighted by Crippen LogP contribution is -2.15. The lowest BCUT2D eigenvalue weighted by Gasteiger charge is -2.07. The number of carbonyl (C=O) groups is 1. The third-order valence-corrected chi connectivity index (χ3v) is 3.36. The fourth-order valence-corrected chi connectivity index (χ4v) is 1.97. The third-order valence-electron chi connectivity index (χ3n) is 3.36. The van der Waals surface area contributed by atoms with Crippen LogP contribution in [-0.4, -0.2) is 16.8 Å². The number of para-hydroxylation sites is 1. The van der Waals surface area contributed by atoms with E-state index in [4.69, 9.17) is 5.21 Å². The molecule has 2 rings (SSSR count). The largest absolute Gasteiger partial charge is 0.326 e. The van der Waals surface area contributed by atoms with Gasteiger partial charge in [0.2, 0.25) is 5.91 Å². The van der Waals surface area contributed by atoms with Crippen LogP contribution in [0.2, 0.25) is 0 Å². The number of hydrogen-bond acceptors (Lipinski definition) is 5. The van der Waals surface area contributed by atoms with Crippen LogP contribution in [0.15, 0.2) is 53.6 Å². The summed E-state index contributed by atoms with van der Waals surface area (Å²) in [7, 11) is 0. The molecule has 128 valence electrons. The van der Waals surface area contributed by atoms with Crippen molar-refractivity contribution in [2.45, 2.75) is 27.2 Å². The molecule has 24 heavy (non-hydrogen) atoms. The van der Waals surface area contributed by atoms with Crippen LogP contribution in [0.3, 0.4) is 0 Å². The maximum absolute atomic E-state index is 11.9. The third kappa shape index (κ3) is 6.60. The van der Waals surface area contributed by atoms with Gasteiger partial charge in [-0.15, -0.1) is 0 Å². The molecule has 6 heteroatoms. The highest BCUT2D eigenvalue weighted by molar-refractivity contribution is 6.05. The molecule has 2 aromatic carbocycles. The Morgan fingerprint density at radius 2 is 1.71 bits per heavy atom. The highest BCUT2D eigenvalue weighted by Gasteiger charge is 2.04. The van der Waals surface area contributed by atoms with E-state index < -0.39 is 0 Å². The number of nitrogens with two attached hydrogens (primary N) is 1. The molecule has 0 saturated carbocycles. The molecule has 0 aliphatic carbocycles. The number of amides is 1. The quantitative estimate of drug-likeness (QED) is 0.499. The van der Waals surface area contributed by atoms with Gasteiger partial charge in [-0.25, -0.2) is 5.90 Å². The van der Waals surface area contributed by atoms with E-state index in [9.17, 15) is 4.79 Å². The molecule has 0 spiro atoms. The van der Waals surface area contributed by atoms with E-state index in [1.54, 1.807) is 0 Å². The van der Waals surface area contributed by atoms with Crippen LogP contribution >= 0.6 is 0 Å². The van der Waals surface area contributed by atoms with Crippen molar-refractivity contribution in [3.8, 4) is 0 Å². The SMILES string of the molecule is C/C(CC(=O)Nc1ccccc1)=N\Nc1ccc(C)c(C)c1.NO. The van der Waals surface area contributed by atoms with E-state index in [2.05, 4.69) is 35.6 Å². The molecule has 5 N–H and O–H groups in total. The summed E-state index contributed by atoms with van der Waals surface area (Å²) in [5.41, 5.74) is 7.89. The van der Waals surface area contributed by atoms with Crippen molar-refractivity contribution in [2.24, 2.45) is 11.0 Å². The number of rotatable bonds is 5. The first-order valence-corrected chi connectivity index (χ1v) is 7.52. The topological polar surface area (TPSA) is 99.7 Å². The van der Waals surface area contributed by atoms with Crippen LogP contribution in [0, 0.1) is 13.8 Å². The van der Waals surface area contributed by atoms with Gasteiger partial charge in [-0.05, 0) is 56.2 Å². The molecular weight excluding hydrogens is 304 g/mol. The second kappa shape index (κ2) is 10.1. The molecule has 6 nitrogen and oxygen atoms in total. The van der Waals surface area contributed by atoms with Crippen molar-refractivity contribution in [3.05, 3.63) is 59.7 Å². The van der Waals surface area contributed by atoms with E-state index in [1.807, 2.05) is 55.5 Å². The van der Waals surface area contributed by atoms with Gasteiger partial charge in [0.05, 0.1) is 12.1 Å². The Bertz CT molecular complexity index is 685. The van der Waals surface area contributed by atoms with Crippen LogP contribution < -0.4 is 16.6 Å². The first-order valence-electron chi connectivity index (χ1n) is 7.52. The fraction of sp³-hybridized carbons (Fsp3) is 0.222. The van der Waals surface area contributed by atoms with Crippen LogP contribution in [0.4, 0.5) is 11.4 Å². The predicted molar refractivity (Wildman–Crippen MR) is 98.3 cm³/mol. The maximum atomic E-state index is 11.9. The molecule has 0 unspecified atom stereocenters. The lowest BCUT2D eigenvalue weighted by molar-refractivity contribution is -0.115. The number of anilines is 2. The normalized spacial score (nSPS) is 10.5. The second-order valence-electron chi connectivity index (χ2n) is 5.35. The number of nitrogens with zero attached hydrogens (tertiary/aromatic N) is 1. The molecule has 0 bridgehead atoms. The molecule has 0 heterocycles. The second-order valence-corrected chi connectivity index (χ2v) is 5.35. The summed E-state index contributed by atoms with van der Waals surface area (Å²) in [6.07, 6.45) is 0.257. The number of hydrazone groups is 1. The minimum absolute atomic E-state index is 0.0747. The van der Waals surface area contributed by atoms with Crippen LogP contribution in [0.5, 0.6) is 0 Å². The van der Waals surface area contributed by atoms with Crippen LogP contribution in [0.1, 0.15) is 24.5 Å². The zero-order valence-corrected chi connectivity index (χ0v) is 14.2. The van der Waals surface area contributed by atoms with E-state index in [-0.39, 0.29) is 12.3 Å². The Morgan fingerprint density at radius 1 is 1.04 bits per heavy atom. The predicted octanol–water partition coefficient (Wildman–Crippen LogP) is 3.45. The molecule has 2 aromatic rings. The summed E-state index contributed by atoms with van der Waals surface area (Å²) in [6, 6.07) is 15.5. The molecule has 0 aliphatic rings. The Hall–Kier alpha value is -2.70. The van der Waals surface area contributed by atoms with Gasteiger partial charge < -0.3 is 10.5 Å². The summed E-state index contributed by atoms with van der Waals surface area (Å²) in [5.74, 6) is 3.43. The fourth-order valence-electron chi connectivity index (χ4n) is 1.97. The monoisotopic (exact) mass is 328 g/mol. The van der Waals surface area contributed by atoms with Crippen LogP contribution in [-0.2, 0) is 4.79 Å². The number of benzene rings is 2. The summed E-state index contributed by atoms with van der Waals surface area (Å²) < 4.78 is 0. The molecule has 0 fully saturated rings. The van der Waals surface area contributed by atoms with E-state index in [1.165, 1.54) is 11.1 Å². The zero-order chi connectivity index (χ0) is 17.9. The Labute approximate surface area is 142 Å². The van der Waals surface area contributed by atoms with Gasteiger partial charge in [-0.3, -0.25) is 10.2 Å². The average Bonchev–Trinajstić information content (AvgIpc) is 2.58. The van der Waals surface area contributed by atoms with Gasteiger partial charge in [0.1, 0.15) is 0 Å². The van der Waals surface area contributed by atoms with Crippen molar-refractivity contribution < 1.29 is 10.0 Å². The highest BCUT2D eigenvalue weighted by Crippen LogP contribution is 2.14. The molecule has 0 saturated heterocycles. The van der Waals surface area contributed by atoms with Crippen LogP contribution in [0.25, 0.3) is 0 Å². The Kier molecular flexibility index (Phi) is 8.18. The van der Waals surface area contributed by atoms with Gasteiger partial charge in [0, 0.05) is 11.4 Å². The van der Waals surface area contributed by atoms with Crippen molar-refractivity contribution in [2.75, 3.05) is 10.7 Å². The molecule has 0 radical (unpaired) electrons. The first kappa shape index (κ1) is 19.3. The van der Waals surface area contributed by atoms with E-state index >= 15 is 0 Å². The van der Waals surface area contributed by atoms with Crippen molar-refractivity contribution in [1.29, 1.82) is 0 Å². The summed E-state index contributed by atoms with van der Waals surface area (Å²) in [5, 5.41) is 13.6. The van der Waals surface area contributed by atoms with Crippen molar-refractivity contribution in [1.82, 2.24) is 0 Å². The van der Waals surface area contributed by atoms with E-state index in [0.717, 1.165) is 17.1 Å². The first-order chi connectivity index (χ1) is 11.5. The van der Waals surface area contributed by atoms with Gasteiger partial charge in [-0.1, -0.05) is 24.3 Å². The minimum Gasteiger partial charge on any atom is -0.326 e. The average molecular weight is 328 g/mol.